The Kier molecular flexibility index (Phi) is 4.75. The summed E-state index contributed by atoms with van der Waals surface area (Å²) in [5.41, 5.74) is -0.263. The molecule has 2 N–H and O–H groups in total. The van der Waals surface area contributed by atoms with Crippen LogP contribution in [0.25, 0.3) is 0 Å². The molecule has 0 aromatic heterocycles. The second-order valence-corrected chi connectivity index (χ2v) is 7.26. The molecule has 1 fully saturated rings. The molecule has 1 aromatic carbocycles. The van der Waals surface area contributed by atoms with Gasteiger partial charge in [0.15, 0.2) is 0 Å². The Balaban J connectivity index is 2.29. The zero-order chi connectivity index (χ0) is 15.6. The Morgan fingerprint density at radius 2 is 2.19 bits per heavy atom. The quantitative estimate of drug-likeness (QED) is 0.886. The summed E-state index contributed by atoms with van der Waals surface area (Å²) in [4.78, 5) is 11.2. The number of hydrogen-bond donors (Lipinski definition) is 2. The number of halogens is 1. The minimum absolute atomic E-state index is 0.00490. The van der Waals surface area contributed by atoms with E-state index in [2.05, 4.69) is 4.72 Å². The Morgan fingerprint density at radius 3 is 2.81 bits per heavy atom. The van der Waals surface area contributed by atoms with Crippen LogP contribution >= 0.6 is 11.6 Å². The van der Waals surface area contributed by atoms with Crippen molar-refractivity contribution in [2.45, 2.75) is 19.8 Å². The second kappa shape index (κ2) is 6.21. The number of piperidine rings is 1. The molecular formula is C13H17ClN2O4S. The number of anilines is 1. The van der Waals surface area contributed by atoms with Crippen LogP contribution in [0, 0.1) is 5.92 Å². The Morgan fingerprint density at radius 1 is 1.48 bits per heavy atom. The summed E-state index contributed by atoms with van der Waals surface area (Å²) in [5, 5.41) is 9.16. The third-order valence-corrected chi connectivity index (χ3v) is 5.23. The van der Waals surface area contributed by atoms with Crippen LogP contribution in [0.4, 0.5) is 5.69 Å². The predicted octanol–water partition coefficient (Wildman–Crippen LogP) is 2.43. The van der Waals surface area contributed by atoms with E-state index >= 15 is 0 Å². The van der Waals surface area contributed by atoms with Gasteiger partial charge < -0.3 is 5.11 Å². The average molecular weight is 333 g/mol. The highest BCUT2D eigenvalue weighted by atomic mass is 35.5. The lowest BCUT2D eigenvalue weighted by Gasteiger charge is -2.30. The van der Waals surface area contributed by atoms with Gasteiger partial charge in [0.2, 0.25) is 0 Å². The van der Waals surface area contributed by atoms with E-state index in [0.29, 0.717) is 13.1 Å². The van der Waals surface area contributed by atoms with Gasteiger partial charge in [0, 0.05) is 13.1 Å². The summed E-state index contributed by atoms with van der Waals surface area (Å²) in [6.45, 7) is 2.85. The van der Waals surface area contributed by atoms with E-state index < -0.39 is 16.2 Å². The molecule has 0 aliphatic carbocycles. The van der Waals surface area contributed by atoms with E-state index in [1.165, 1.54) is 22.5 Å². The van der Waals surface area contributed by atoms with E-state index in [4.69, 9.17) is 16.7 Å². The Hall–Kier alpha value is -1.31. The lowest BCUT2D eigenvalue weighted by atomic mass is 10.0. The zero-order valence-electron chi connectivity index (χ0n) is 11.5. The van der Waals surface area contributed by atoms with E-state index in [-0.39, 0.29) is 22.2 Å². The largest absolute Gasteiger partial charge is 0.478 e. The van der Waals surface area contributed by atoms with Crippen molar-refractivity contribution in [3.63, 3.8) is 0 Å². The van der Waals surface area contributed by atoms with E-state index in [1.807, 2.05) is 6.92 Å². The number of nitrogens with one attached hydrogen (secondary N) is 1. The smallest absolute Gasteiger partial charge is 0.339 e. The van der Waals surface area contributed by atoms with Crippen LogP contribution in [0.1, 0.15) is 30.1 Å². The third-order valence-electron chi connectivity index (χ3n) is 3.43. The first-order valence-electron chi connectivity index (χ1n) is 6.61. The van der Waals surface area contributed by atoms with Crippen LogP contribution in [0.3, 0.4) is 0 Å². The summed E-state index contributed by atoms with van der Waals surface area (Å²) in [7, 11) is -3.78. The second-order valence-electron chi connectivity index (χ2n) is 5.18. The number of carboxylic acids is 1. The van der Waals surface area contributed by atoms with Crippen LogP contribution in [0.2, 0.25) is 5.02 Å². The molecule has 8 heteroatoms. The van der Waals surface area contributed by atoms with Gasteiger partial charge in [-0.3, -0.25) is 4.72 Å². The minimum Gasteiger partial charge on any atom is -0.478 e. The molecule has 1 aliphatic heterocycles. The van der Waals surface area contributed by atoms with Crippen LogP contribution in [0.15, 0.2) is 18.2 Å². The predicted molar refractivity (Wildman–Crippen MR) is 80.9 cm³/mol. The van der Waals surface area contributed by atoms with Gasteiger partial charge in [-0.05, 0) is 30.9 Å². The highest BCUT2D eigenvalue weighted by Gasteiger charge is 2.28. The summed E-state index contributed by atoms with van der Waals surface area (Å²) < 4.78 is 28.4. The zero-order valence-corrected chi connectivity index (χ0v) is 13.1. The molecule has 0 radical (unpaired) electrons. The number of benzene rings is 1. The normalized spacial score (nSPS) is 20.2. The van der Waals surface area contributed by atoms with Gasteiger partial charge in [0.05, 0.1) is 10.7 Å². The molecule has 21 heavy (non-hydrogen) atoms. The van der Waals surface area contributed by atoms with Crippen molar-refractivity contribution in [3.05, 3.63) is 28.8 Å². The summed E-state index contributed by atoms with van der Waals surface area (Å²) in [5.74, 6) is -0.987. The number of carbonyl (C=O) groups is 1. The van der Waals surface area contributed by atoms with Crippen molar-refractivity contribution in [2.24, 2.45) is 5.92 Å². The first-order chi connectivity index (χ1) is 9.81. The number of nitrogens with zero attached hydrogens (tertiary/aromatic N) is 1. The van der Waals surface area contributed by atoms with Crippen molar-refractivity contribution in [1.29, 1.82) is 0 Å². The molecule has 1 heterocycles. The molecule has 0 amide bonds. The minimum atomic E-state index is -3.78. The lowest BCUT2D eigenvalue weighted by Crippen LogP contribution is -2.42. The number of hydrogen-bond acceptors (Lipinski definition) is 3. The SMILES string of the molecule is CC1CCCN(S(=O)(=O)Nc2cccc(Cl)c2C(=O)O)C1. The maximum Gasteiger partial charge on any atom is 0.339 e. The van der Waals surface area contributed by atoms with Gasteiger partial charge in [0.1, 0.15) is 5.56 Å². The maximum atomic E-state index is 12.4. The fourth-order valence-electron chi connectivity index (χ4n) is 2.39. The fraction of sp³-hybridized carbons (Fsp3) is 0.462. The number of carboxylic acid groups (broad SMARTS) is 1. The van der Waals surface area contributed by atoms with Crippen LogP contribution in [-0.2, 0) is 10.2 Å². The monoisotopic (exact) mass is 332 g/mol. The molecular weight excluding hydrogens is 316 g/mol. The van der Waals surface area contributed by atoms with Gasteiger partial charge in [-0.25, -0.2) is 4.79 Å². The van der Waals surface area contributed by atoms with E-state index in [0.717, 1.165) is 12.8 Å². The van der Waals surface area contributed by atoms with Gasteiger partial charge in [0.25, 0.3) is 0 Å². The first-order valence-corrected chi connectivity index (χ1v) is 8.43. The summed E-state index contributed by atoms with van der Waals surface area (Å²) in [6, 6.07) is 4.30. The first kappa shape index (κ1) is 16.1. The molecule has 0 spiro atoms. The molecule has 0 saturated carbocycles. The van der Waals surface area contributed by atoms with Gasteiger partial charge in [-0.2, -0.15) is 12.7 Å². The van der Waals surface area contributed by atoms with Crippen molar-refractivity contribution in [3.8, 4) is 0 Å². The van der Waals surface area contributed by atoms with Crippen molar-refractivity contribution < 1.29 is 18.3 Å². The Labute approximate surface area is 128 Å². The van der Waals surface area contributed by atoms with Crippen LogP contribution in [0.5, 0.6) is 0 Å². The summed E-state index contributed by atoms with van der Waals surface area (Å²) in [6.07, 6.45) is 1.78. The molecule has 0 bridgehead atoms. The molecule has 116 valence electrons. The number of rotatable bonds is 4. The standard InChI is InChI=1S/C13H17ClN2O4S/c1-9-4-3-7-16(8-9)21(19,20)15-11-6-2-5-10(14)12(11)13(17)18/h2,5-6,9,15H,3-4,7-8H2,1H3,(H,17,18). The van der Waals surface area contributed by atoms with E-state index in [1.54, 1.807) is 0 Å². The molecule has 1 unspecified atom stereocenters. The molecule has 1 aliphatic rings. The highest BCUT2D eigenvalue weighted by Crippen LogP contribution is 2.27. The average Bonchev–Trinajstić information content (AvgIpc) is 2.37. The Bertz CT molecular complexity index is 648. The molecule has 6 nitrogen and oxygen atoms in total. The lowest BCUT2D eigenvalue weighted by molar-refractivity contribution is 0.0698. The molecule has 1 saturated heterocycles. The fourth-order valence-corrected chi connectivity index (χ4v) is 4.05. The molecule has 1 aromatic rings. The molecule has 2 rings (SSSR count). The summed E-state index contributed by atoms with van der Waals surface area (Å²) >= 11 is 5.83. The van der Waals surface area contributed by atoms with Crippen molar-refractivity contribution >= 4 is 33.5 Å². The molecule has 1 atom stereocenters. The van der Waals surface area contributed by atoms with Gasteiger partial charge >= 0.3 is 16.2 Å². The van der Waals surface area contributed by atoms with Crippen LogP contribution in [-0.4, -0.2) is 36.9 Å². The third kappa shape index (κ3) is 3.66. The topological polar surface area (TPSA) is 86.7 Å². The van der Waals surface area contributed by atoms with Crippen molar-refractivity contribution in [2.75, 3.05) is 17.8 Å². The van der Waals surface area contributed by atoms with Crippen LogP contribution < -0.4 is 4.72 Å². The van der Waals surface area contributed by atoms with E-state index in [9.17, 15) is 13.2 Å². The number of aromatic carboxylic acids is 1. The van der Waals surface area contributed by atoms with Gasteiger partial charge in [-0.1, -0.05) is 24.6 Å². The van der Waals surface area contributed by atoms with Crippen molar-refractivity contribution in [1.82, 2.24) is 4.31 Å². The van der Waals surface area contributed by atoms with Gasteiger partial charge in [-0.15, -0.1) is 0 Å². The highest BCUT2D eigenvalue weighted by molar-refractivity contribution is 7.90. The maximum absolute atomic E-state index is 12.4.